The third-order valence-corrected chi connectivity index (χ3v) is 3.24. The van der Waals surface area contributed by atoms with Gasteiger partial charge in [0.15, 0.2) is 0 Å². The Bertz CT molecular complexity index is 78.8. The van der Waals surface area contributed by atoms with Gasteiger partial charge in [0.25, 0.3) is 0 Å². The van der Waals surface area contributed by atoms with Gasteiger partial charge in [-0.1, -0.05) is 27.7 Å². The molecule has 0 bridgehead atoms. The van der Waals surface area contributed by atoms with Crippen molar-refractivity contribution >= 4 is 11.8 Å². The van der Waals surface area contributed by atoms with Gasteiger partial charge in [0, 0.05) is 5.25 Å². The van der Waals surface area contributed by atoms with Crippen molar-refractivity contribution in [2.24, 2.45) is 11.8 Å². The average molecular weight is 160 g/mol. The summed E-state index contributed by atoms with van der Waals surface area (Å²) in [4.78, 5) is 0. The van der Waals surface area contributed by atoms with Crippen LogP contribution in [0.1, 0.15) is 34.1 Å². The molecule has 0 spiro atoms. The Balaban J connectivity index is 3.46. The summed E-state index contributed by atoms with van der Waals surface area (Å²) < 4.78 is 0. The molecule has 1 heteroatoms. The lowest BCUT2D eigenvalue weighted by Crippen LogP contribution is -2.09. The number of rotatable bonds is 4. The third kappa shape index (κ3) is 4.21. The first-order valence-electron chi connectivity index (χ1n) is 4.10. The van der Waals surface area contributed by atoms with Gasteiger partial charge in [0.1, 0.15) is 0 Å². The first kappa shape index (κ1) is 10.3. The van der Waals surface area contributed by atoms with Crippen LogP contribution >= 0.6 is 11.8 Å². The predicted octanol–water partition coefficient (Wildman–Crippen LogP) is 3.42. The van der Waals surface area contributed by atoms with E-state index < -0.39 is 0 Å². The van der Waals surface area contributed by atoms with Crippen LogP contribution in [0, 0.1) is 11.8 Å². The summed E-state index contributed by atoms with van der Waals surface area (Å²) in [6.45, 7) is 9.26. The van der Waals surface area contributed by atoms with Crippen molar-refractivity contribution in [2.45, 2.75) is 39.4 Å². The number of hydrogen-bond acceptors (Lipinski definition) is 1. The molecule has 0 fully saturated rings. The van der Waals surface area contributed by atoms with E-state index in [2.05, 4.69) is 34.0 Å². The molecule has 0 nitrogen and oxygen atoms in total. The highest BCUT2D eigenvalue weighted by Crippen LogP contribution is 2.21. The second-order valence-electron chi connectivity index (χ2n) is 3.50. The number of thioether (sulfide) groups is 1. The molecule has 62 valence electrons. The van der Waals surface area contributed by atoms with E-state index in [1.54, 1.807) is 0 Å². The second-order valence-corrected chi connectivity index (χ2v) is 4.78. The zero-order chi connectivity index (χ0) is 8.15. The topological polar surface area (TPSA) is 0 Å². The molecule has 0 radical (unpaired) electrons. The molecule has 0 saturated carbocycles. The van der Waals surface area contributed by atoms with Crippen molar-refractivity contribution in [2.75, 3.05) is 6.26 Å². The van der Waals surface area contributed by atoms with Crippen molar-refractivity contribution in [3.8, 4) is 0 Å². The van der Waals surface area contributed by atoms with Gasteiger partial charge in [-0.15, -0.1) is 0 Å². The van der Waals surface area contributed by atoms with Gasteiger partial charge in [-0.3, -0.25) is 0 Å². The first-order valence-corrected chi connectivity index (χ1v) is 5.39. The van der Waals surface area contributed by atoms with E-state index >= 15 is 0 Å². The van der Waals surface area contributed by atoms with Crippen LogP contribution in [0.5, 0.6) is 0 Å². The van der Waals surface area contributed by atoms with E-state index in [1.165, 1.54) is 6.42 Å². The summed E-state index contributed by atoms with van der Waals surface area (Å²) in [5, 5.41) is 0.831. The molecule has 10 heavy (non-hydrogen) atoms. The average Bonchev–Trinajstić information content (AvgIpc) is 1.87. The molecule has 0 aromatic carbocycles. The molecule has 0 heterocycles. The first-order chi connectivity index (χ1) is 4.57. The standard InChI is InChI=1S/C9H20S/c1-7(2)8(3)6-9(4)10-5/h7-9H,6H2,1-5H3. The molecule has 0 aromatic rings. The summed E-state index contributed by atoms with van der Waals surface area (Å²) >= 11 is 1.97. The predicted molar refractivity (Wildman–Crippen MR) is 51.6 cm³/mol. The van der Waals surface area contributed by atoms with E-state index in [-0.39, 0.29) is 0 Å². The van der Waals surface area contributed by atoms with Crippen LogP contribution in [0.4, 0.5) is 0 Å². The molecule has 0 amide bonds. The van der Waals surface area contributed by atoms with E-state index in [0.717, 1.165) is 17.1 Å². The van der Waals surface area contributed by atoms with E-state index in [9.17, 15) is 0 Å². The zero-order valence-electron chi connectivity index (χ0n) is 7.85. The molecule has 0 saturated heterocycles. The van der Waals surface area contributed by atoms with Crippen LogP contribution < -0.4 is 0 Å². The Kier molecular flexibility index (Phi) is 5.24. The van der Waals surface area contributed by atoms with Crippen LogP contribution in [0.15, 0.2) is 0 Å². The number of hydrogen-bond donors (Lipinski definition) is 0. The highest BCUT2D eigenvalue weighted by molar-refractivity contribution is 7.99. The Morgan fingerprint density at radius 1 is 1.10 bits per heavy atom. The molecular weight excluding hydrogens is 140 g/mol. The van der Waals surface area contributed by atoms with Gasteiger partial charge in [-0.2, -0.15) is 11.8 Å². The van der Waals surface area contributed by atoms with Crippen LogP contribution in [0.2, 0.25) is 0 Å². The van der Waals surface area contributed by atoms with Crippen molar-refractivity contribution in [1.82, 2.24) is 0 Å². The van der Waals surface area contributed by atoms with E-state index in [0.29, 0.717) is 0 Å². The molecule has 0 N–H and O–H groups in total. The maximum Gasteiger partial charge on any atom is 0.00185 e. The minimum atomic E-state index is 0.831. The SMILES string of the molecule is CSC(C)CC(C)C(C)C. The molecular formula is C9H20S. The summed E-state index contributed by atoms with van der Waals surface area (Å²) in [5.41, 5.74) is 0. The Morgan fingerprint density at radius 3 is 1.90 bits per heavy atom. The maximum absolute atomic E-state index is 2.34. The van der Waals surface area contributed by atoms with Crippen molar-refractivity contribution in [3.63, 3.8) is 0 Å². The summed E-state index contributed by atoms with van der Waals surface area (Å²) in [6.07, 6.45) is 3.55. The normalized spacial score (nSPS) is 17.4. The molecule has 0 aromatic heterocycles. The fourth-order valence-electron chi connectivity index (χ4n) is 0.892. The van der Waals surface area contributed by atoms with Crippen LogP contribution in [0.25, 0.3) is 0 Å². The summed E-state index contributed by atoms with van der Waals surface area (Å²) in [7, 11) is 0. The van der Waals surface area contributed by atoms with Gasteiger partial charge in [0.05, 0.1) is 0 Å². The lowest BCUT2D eigenvalue weighted by atomic mass is 9.93. The van der Waals surface area contributed by atoms with Gasteiger partial charge < -0.3 is 0 Å². The maximum atomic E-state index is 2.34. The minimum absolute atomic E-state index is 0.831. The monoisotopic (exact) mass is 160 g/mol. The van der Waals surface area contributed by atoms with E-state index in [4.69, 9.17) is 0 Å². The highest BCUT2D eigenvalue weighted by atomic mass is 32.2. The third-order valence-electron chi connectivity index (χ3n) is 2.24. The fraction of sp³-hybridized carbons (Fsp3) is 1.00. The highest BCUT2D eigenvalue weighted by Gasteiger charge is 2.10. The summed E-state index contributed by atoms with van der Waals surface area (Å²) in [6, 6.07) is 0. The van der Waals surface area contributed by atoms with Gasteiger partial charge in [-0.25, -0.2) is 0 Å². The van der Waals surface area contributed by atoms with Gasteiger partial charge in [-0.05, 0) is 24.5 Å². The molecule has 0 aliphatic carbocycles. The quantitative estimate of drug-likeness (QED) is 0.607. The van der Waals surface area contributed by atoms with Crippen LogP contribution in [-0.4, -0.2) is 11.5 Å². The van der Waals surface area contributed by atoms with E-state index in [1.807, 2.05) is 11.8 Å². The van der Waals surface area contributed by atoms with Crippen molar-refractivity contribution in [3.05, 3.63) is 0 Å². The molecule has 0 aliphatic heterocycles. The second kappa shape index (κ2) is 5.06. The van der Waals surface area contributed by atoms with Crippen LogP contribution in [0.3, 0.4) is 0 Å². The molecule has 0 rings (SSSR count). The Labute approximate surface area is 69.8 Å². The van der Waals surface area contributed by atoms with Crippen molar-refractivity contribution in [1.29, 1.82) is 0 Å². The van der Waals surface area contributed by atoms with Crippen LogP contribution in [-0.2, 0) is 0 Å². The largest absolute Gasteiger partial charge is 0.162 e. The molecule has 2 atom stereocenters. The Hall–Kier alpha value is 0.350. The minimum Gasteiger partial charge on any atom is -0.162 e. The molecule has 2 unspecified atom stereocenters. The van der Waals surface area contributed by atoms with Gasteiger partial charge >= 0.3 is 0 Å². The summed E-state index contributed by atoms with van der Waals surface area (Å²) in [5.74, 6) is 1.72. The smallest absolute Gasteiger partial charge is 0.00185 e. The fourth-order valence-corrected chi connectivity index (χ4v) is 1.39. The lowest BCUT2D eigenvalue weighted by molar-refractivity contribution is 0.393. The zero-order valence-corrected chi connectivity index (χ0v) is 8.66. The van der Waals surface area contributed by atoms with Gasteiger partial charge in [0.2, 0.25) is 0 Å². The molecule has 0 aliphatic rings. The Morgan fingerprint density at radius 2 is 1.60 bits per heavy atom. The lowest BCUT2D eigenvalue weighted by Gasteiger charge is -2.18. The van der Waals surface area contributed by atoms with Crippen molar-refractivity contribution < 1.29 is 0 Å².